The Labute approximate surface area is 77.8 Å². The van der Waals surface area contributed by atoms with Crippen molar-refractivity contribution in [2.24, 2.45) is 5.92 Å². The summed E-state index contributed by atoms with van der Waals surface area (Å²) >= 11 is 1.92. The maximum atomic E-state index is 3.32. The second-order valence-electron chi connectivity index (χ2n) is 3.45. The number of nitrogens with one attached hydrogen (secondary N) is 1. The fourth-order valence-electron chi connectivity index (χ4n) is 1.62. The largest absolute Gasteiger partial charge is 0.316 e. The summed E-state index contributed by atoms with van der Waals surface area (Å²) in [5, 5.41) is 5.54. The molecular weight excluding hydrogens is 166 g/mol. The number of rotatable bonds is 3. The maximum Gasteiger partial charge on any atom is 0.00808 e. The molecule has 12 heavy (non-hydrogen) atoms. The van der Waals surface area contributed by atoms with Crippen LogP contribution in [0.15, 0.2) is 11.4 Å². The maximum absolute atomic E-state index is 3.32. The average Bonchev–Trinajstić information content (AvgIpc) is 2.43. The molecule has 1 nitrogen and oxygen atoms in total. The third-order valence-corrected chi connectivity index (χ3v) is 3.54. The van der Waals surface area contributed by atoms with Crippen LogP contribution in [0.2, 0.25) is 0 Å². The Morgan fingerprint density at radius 1 is 1.58 bits per heavy atom. The Hall–Kier alpha value is -0.340. The topological polar surface area (TPSA) is 12.0 Å². The second-order valence-corrected chi connectivity index (χ2v) is 4.45. The molecule has 0 radical (unpaired) electrons. The van der Waals surface area contributed by atoms with E-state index in [1.165, 1.54) is 25.9 Å². The van der Waals surface area contributed by atoms with Gasteiger partial charge in [-0.3, -0.25) is 0 Å². The van der Waals surface area contributed by atoms with E-state index in [0.29, 0.717) is 0 Å². The molecule has 2 rings (SSSR count). The van der Waals surface area contributed by atoms with Crippen molar-refractivity contribution in [1.82, 2.24) is 5.32 Å². The van der Waals surface area contributed by atoms with Crippen LogP contribution in [0.1, 0.15) is 17.4 Å². The molecule has 1 aliphatic rings. The van der Waals surface area contributed by atoms with Crippen molar-refractivity contribution in [2.45, 2.75) is 19.8 Å². The Morgan fingerprint density at radius 2 is 2.42 bits per heavy atom. The van der Waals surface area contributed by atoms with Gasteiger partial charge in [0.25, 0.3) is 0 Å². The zero-order chi connectivity index (χ0) is 8.39. The van der Waals surface area contributed by atoms with Gasteiger partial charge in [0, 0.05) is 4.88 Å². The van der Waals surface area contributed by atoms with Gasteiger partial charge < -0.3 is 5.32 Å². The van der Waals surface area contributed by atoms with Crippen LogP contribution < -0.4 is 5.32 Å². The third-order valence-electron chi connectivity index (χ3n) is 2.56. The quantitative estimate of drug-likeness (QED) is 0.752. The molecule has 2 heterocycles. The molecule has 0 unspecified atom stereocenters. The Morgan fingerprint density at radius 3 is 3.00 bits per heavy atom. The molecule has 1 saturated heterocycles. The molecular formula is C10H15NS. The van der Waals surface area contributed by atoms with E-state index in [-0.39, 0.29) is 0 Å². The van der Waals surface area contributed by atoms with E-state index in [1.54, 1.807) is 10.4 Å². The highest BCUT2D eigenvalue weighted by molar-refractivity contribution is 7.10. The Balaban J connectivity index is 2.00. The summed E-state index contributed by atoms with van der Waals surface area (Å²) in [6, 6.07) is 2.27. The third kappa shape index (κ3) is 1.54. The molecule has 1 N–H and O–H groups in total. The van der Waals surface area contributed by atoms with Crippen LogP contribution in [0.4, 0.5) is 0 Å². The van der Waals surface area contributed by atoms with Crippen molar-refractivity contribution >= 4 is 11.3 Å². The van der Waals surface area contributed by atoms with Gasteiger partial charge in [0.15, 0.2) is 0 Å². The lowest BCUT2D eigenvalue weighted by molar-refractivity contribution is 0.348. The molecule has 1 aromatic rings. The van der Waals surface area contributed by atoms with Crippen molar-refractivity contribution in [3.05, 3.63) is 21.9 Å². The highest BCUT2D eigenvalue weighted by Crippen LogP contribution is 2.22. The molecule has 0 aromatic carbocycles. The minimum absolute atomic E-state index is 0.911. The van der Waals surface area contributed by atoms with Gasteiger partial charge in [0.05, 0.1) is 0 Å². The summed E-state index contributed by atoms with van der Waals surface area (Å²) in [6.07, 6.45) is 2.49. The molecule has 0 saturated carbocycles. The van der Waals surface area contributed by atoms with Crippen molar-refractivity contribution in [3.8, 4) is 0 Å². The Kier molecular flexibility index (Phi) is 2.47. The van der Waals surface area contributed by atoms with Gasteiger partial charge >= 0.3 is 0 Å². The predicted octanol–water partition coefficient (Wildman–Crippen LogP) is 2.07. The molecule has 0 amide bonds. The van der Waals surface area contributed by atoms with Crippen LogP contribution in [0.3, 0.4) is 0 Å². The van der Waals surface area contributed by atoms with Crippen LogP contribution in [0.25, 0.3) is 0 Å². The van der Waals surface area contributed by atoms with Gasteiger partial charge in [0.1, 0.15) is 0 Å². The van der Waals surface area contributed by atoms with E-state index in [1.807, 2.05) is 11.3 Å². The highest BCUT2D eigenvalue weighted by atomic mass is 32.1. The predicted molar refractivity (Wildman–Crippen MR) is 53.8 cm³/mol. The van der Waals surface area contributed by atoms with Gasteiger partial charge in [-0.05, 0) is 48.9 Å². The molecule has 0 atom stereocenters. The summed E-state index contributed by atoms with van der Waals surface area (Å²) in [6.45, 7) is 4.69. The molecule has 0 spiro atoms. The molecule has 1 fully saturated rings. The molecule has 0 bridgehead atoms. The summed E-state index contributed by atoms with van der Waals surface area (Å²) < 4.78 is 0. The summed E-state index contributed by atoms with van der Waals surface area (Å²) in [4.78, 5) is 1.61. The van der Waals surface area contributed by atoms with E-state index in [4.69, 9.17) is 0 Å². The van der Waals surface area contributed by atoms with Gasteiger partial charge in [-0.2, -0.15) is 0 Å². The van der Waals surface area contributed by atoms with E-state index < -0.39 is 0 Å². The smallest absolute Gasteiger partial charge is 0.00808 e. The van der Waals surface area contributed by atoms with Crippen LogP contribution in [0.5, 0.6) is 0 Å². The van der Waals surface area contributed by atoms with E-state index in [9.17, 15) is 0 Å². The number of hydrogen-bond donors (Lipinski definition) is 1. The van der Waals surface area contributed by atoms with Gasteiger partial charge in [0.2, 0.25) is 0 Å². The highest BCUT2D eigenvalue weighted by Gasteiger charge is 2.18. The molecule has 0 aliphatic carbocycles. The molecule has 1 aromatic heterocycles. The first kappa shape index (κ1) is 8.27. The first-order valence-electron chi connectivity index (χ1n) is 4.66. The lowest BCUT2D eigenvalue weighted by Gasteiger charge is -2.26. The summed E-state index contributed by atoms with van der Waals surface area (Å²) in [5.74, 6) is 0.911. The van der Waals surface area contributed by atoms with Crippen molar-refractivity contribution in [1.29, 1.82) is 0 Å². The minimum atomic E-state index is 0.911. The Bertz CT molecular complexity index is 250. The van der Waals surface area contributed by atoms with Crippen molar-refractivity contribution in [3.63, 3.8) is 0 Å². The van der Waals surface area contributed by atoms with E-state index in [2.05, 4.69) is 23.7 Å². The van der Waals surface area contributed by atoms with Gasteiger partial charge in [-0.1, -0.05) is 6.92 Å². The monoisotopic (exact) mass is 181 g/mol. The molecule has 1 aliphatic heterocycles. The average molecular weight is 181 g/mol. The second kappa shape index (κ2) is 3.58. The fraction of sp³-hybridized carbons (Fsp3) is 0.600. The fourth-order valence-corrected chi connectivity index (χ4v) is 2.71. The van der Waals surface area contributed by atoms with Crippen LogP contribution in [-0.4, -0.2) is 13.1 Å². The number of thiophene rings is 1. The van der Waals surface area contributed by atoms with Gasteiger partial charge in [-0.15, -0.1) is 11.3 Å². The standard InChI is InChI=1S/C10H15NS/c1-2-9-3-4-12-10(9)5-8-6-11-7-8/h3-4,8,11H,2,5-7H2,1H3. The molecule has 2 heteroatoms. The van der Waals surface area contributed by atoms with Crippen LogP contribution in [-0.2, 0) is 12.8 Å². The minimum Gasteiger partial charge on any atom is -0.316 e. The first-order valence-corrected chi connectivity index (χ1v) is 5.54. The summed E-state index contributed by atoms with van der Waals surface area (Å²) in [7, 11) is 0. The van der Waals surface area contributed by atoms with Crippen LogP contribution in [0, 0.1) is 5.92 Å². The lowest BCUT2D eigenvalue weighted by Crippen LogP contribution is -2.43. The van der Waals surface area contributed by atoms with Crippen molar-refractivity contribution < 1.29 is 0 Å². The zero-order valence-corrected chi connectivity index (χ0v) is 8.29. The van der Waals surface area contributed by atoms with Crippen molar-refractivity contribution in [2.75, 3.05) is 13.1 Å². The SMILES string of the molecule is CCc1ccsc1CC1CNC1. The van der Waals surface area contributed by atoms with Crippen LogP contribution >= 0.6 is 11.3 Å². The normalized spacial score (nSPS) is 17.8. The zero-order valence-electron chi connectivity index (χ0n) is 7.47. The van der Waals surface area contributed by atoms with E-state index in [0.717, 1.165) is 5.92 Å². The van der Waals surface area contributed by atoms with E-state index >= 15 is 0 Å². The lowest BCUT2D eigenvalue weighted by atomic mass is 9.96. The first-order chi connectivity index (χ1) is 5.90. The molecule has 66 valence electrons. The summed E-state index contributed by atoms with van der Waals surface area (Å²) in [5.41, 5.74) is 1.56. The number of aryl methyl sites for hydroxylation is 1. The number of hydrogen-bond acceptors (Lipinski definition) is 2. The van der Waals surface area contributed by atoms with Gasteiger partial charge in [-0.25, -0.2) is 0 Å².